The predicted octanol–water partition coefficient (Wildman–Crippen LogP) is 3.62. The zero-order chi connectivity index (χ0) is 14.8. The van der Waals surface area contributed by atoms with Crippen molar-refractivity contribution in [2.24, 2.45) is 0 Å². The van der Waals surface area contributed by atoms with Gasteiger partial charge in [0.1, 0.15) is 0 Å². The van der Waals surface area contributed by atoms with E-state index >= 15 is 0 Å². The molecule has 0 spiro atoms. The Morgan fingerprint density at radius 1 is 0.952 bits per heavy atom. The summed E-state index contributed by atoms with van der Waals surface area (Å²) in [7, 11) is 0. The molecule has 0 aliphatic heterocycles. The van der Waals surface area contributed by atoms with Gasteiger partial charge in [-0.2, -0.15) is 0 Å². The molecule has 0 fully saturated rings. The van der Waals surface area contributed by atoms with Crippen molar-refractivity contribution in [2.75, 3.05) is 5.32 Å². The van der Waals surface area contributed by atoms with Gasteiger partial charge >= 0.3 is 0 Å². The Balaban J connectivity index is 1.80. The molecule has 4 heteroatoms. The molecule has 104 valence electrons. The number of H-pyrrole nitrogens is 1. The number of Topliss-reactive ketones (excluding diaryl/α,β-unsaturated/α-hetero) is 1. The number of fused-ring (bicyclic) bond motifs is 1. The van der Waals surface area contributed by atoms with E-state index in [1.807, 2.05) is 30.5 Å². The molecule has 0 radical (unpaired) electrons. The van der Waals surface area contributed by atoms with Gasteiger partial charge in [-0.1, -0.05) is 12.1 Å². The molecule has 21 heavy (non-hydrogen) atoms. The fraction of sp³-hybridized carbons (Fsp3) is 0.0588. The summed E-state index contributed by atoms with van der Waals surface area (Å²) in [4.78, 5) is 26.5. The molecule has 0 saturated carbocycles. The average molecular weight is 278 g/mol. The first-order valence-electron chi connectivity index (χ1n) is 6.63. The van der Waals surface area contributed by atoms with Gasteiger partial charge in [0.15, 0.2) is 5.78 Å². The SMILES string of the molecule is CC(=O)c1ccc(C(=O)Nc2ccc3[nH]ccc3c2)cc1. The lowest BCUT2D eigenvalue weighted by Gasteiger charge is -2.06. The highest BCUT2D eigenvalue weighted by Gasteiger charge is 2.07. The maximum absolute atomic E-state index is 12.2. The van der Waals surface area contributed by atoms with Crippen molar-refractivity contribution in [1.29, 1.82) is 0 Å². The Morgan fingerprint density at radius 2 is 1.67 bits per heavy atom. The van der Waals surface area contributed by atoms with Crippen LogP contribution in [0.1, 0.15) is 27.6 Å². The van der Waals surface area contributed by atoms with Gasteiger partial charge in [0.2, 0.25) is 0 Å². The van der Waals surface area contributed by atoms with E-state index in [0.717, 1.165) is 16.6 Å². The summed E-state index contributed by atoms with van der Waals surface area (Å²) < 4.78 is 0. The number of rotatable bonds is 3. The lowest BCUT2D eigenvalue weighted by Crippen LogP contribution is -2.11. The molecule has 0 unspecified atom stereocenters. The smallest absolute Gasteiger partial charge is 0.255 e. The topological polar surface area (TPSA) is 62.0 Å². The number of anilines is 1. The average Bonchev–Trinajstić information content (AvgIpc) is 2.95. The van der Waals surface area contributed by atoms with E-state index in [2.05, 4.69) is 10.3 Å². The number of hydrogen-bond acceptors (Lipinski definition) is 2. The van der Waals surface area contributed by atoms with E-state index < -0.39 is 0 Å². The molecule has 1 amide bonds. The van der Waals surface area contributed by atoms with Crippen LogP contribution in [0, 0.1) is 0 Å². The quantitative estimate of drug-likeness (QED) is 0.719. The van der Waals surface area contributed by atoms with Crippen molar-refractivity contribution < 1.29 is 9.59 Å². The van der Waals surface area contributed by atoms with Crippen molar-refractivity contribution in [3.05, 3.63) is 65.9 Å². The number of aromatic amines is 1. The Hall–Kier alpha value is -2.88. The number of benzene rings is 2. The Labute approximate surface area is 121 Å². The number of ketones is 1. The molecular formula is C17H14N2O2. The molecule has 1 heterocycles. The third-order valence-corrected chi connectivity index (χ3v) is 3.36. The van der Waals surface area contributed by atoms with Crippen LogP contribution in [0.15, 0.2) is 54.7 Å². The first-order valence-corrected chi connectivity index (χ1v) is 6.63. The van der Waals surface area contributed by atoms with E-state index in [0.29, 0.717) is 11.1 Å². The predicted molar refractivity (Wildman–Crippen MR) is 82.7 cm³/mol. The molecule has 3 aromatic rings. The Morgan fingerprint density at radius 3 is 2.38 bits per heavy atom. The third-order valence-electron chi connectivity index (χ3n) is 3.36. The van der Waals surface area contributed by atoms with E-state index in [1.165, 1.54) is 6.92 Å². The van der Waals surface area contributed by atoms with Gasteiger partial charge in [-0.25, -0.2) is 0 Å². The molecule has 2 N–H and O–H groups in total. The highest BCUT2D eigenvalue weighted by Crippen LogP contribution is 2.18. The summed E-state index contributed by atoms with van der Waals surface area (Å²) in [5.41, 5.74) is 2.89. The maximum atomic E-state index is 12.2. The zero-order valence-corrected chi connectivity index (χ0v) is 11.5. The van der Waals surface area contributed by atoms with Crippen molar-refractivity contribution >= 4 is 28.3 Å². The monoisotopic (exact) mass is 278 g/mol. The van der Waals surface area contributed by atoms with Crippen molar-refractivity contribution in [3.63, 3.8) is 0 Å². The fourth-order valence-corrected chi connectivity index (χ4v) is 2.19. The van der Waals surface area contributed by atoms with Gasteiger partial charge in [0.05, 0.1) is 0 Å². The summed E-state index contributed by atoms with van der Waals surface area (Å²) in [6.07, 6.45) is 1.86. The molecule has 0 aliphatic carbocycles. The lowest BCUT2D eigenvalue weighted by atomic mass is 10.1. The van der Waals surface area contributed by atoms with E-state index in [1.54, 1.807) is 24.3 Å². The number of aromatic nitrogens is 1. The van der Waals surface area contributed by atoms with Crippen LogP contribution in [0.25, 0.3) is 10.9 Å². The first-order chi connectivity index (χ1) is 10.1. The van der Waals surface area contributed by atoms with Crippen LogP contribution < -0.4 is 5.32 Å². The number of carbonyl (C=O) groups excluding carboxylic acids is 2. The van der Waals surface area contributed by atoms with Crippen LogP contribution >= 0.6 is 0 Å². The molecule has 2 aromatic carbocycles. The second-order valence-corrected chi connectivity index (χ2v) is 4.87. The van der Waals surface area contributed by atoms with Crippen LogP contribution in [0.3, 0.4) is 0 Å². The number of amides is 1. The molecular weight excluding hydrogens is 264 g/mol. The van der Waals surface area contributed by atoms with Crippen LogP contribution in [-0.2, 0) is 0 Å². The van der Waals surface area contributed by atoms with Crippen LogP contribution in [-0.4, -0.2) is 16.7 Å². The molecule has 3 rings (SSSR count). The van der Waals surface area contributed by atoms with Gasteiger partial charge in [-0.3, -0.25) is 9.59 Å². The molecule has 0 atom stereocenters. The minimum atomic E-state index is -0.194. The van der Waals surface area contributed by atoms with Gasteiger partial charge in [0, 0.05) is 33.9 Å². The maximum Gasteiger partial charge on any atom is 0.255 e. The summed E-state index contributed by atoms with van der Waals surface area (Å²) >= 11 is 0. The van der Waals surface area contributed by atoms with Gasteiger partial charge in [-0.05, 0) is 43.3 Å². The Bertz CT molecular complexity index is 816. The van der Waals surface area contributed by atoms with Crippen LogP contribution in [0.5, 0.6) is 0 Å². The second kappa shape index (κ2) is 5.25. The highest BCUT2D eigenvalue weighted by atomic mass is 16.1. The number of hydrogen-bond donors (Lipinski definition) is 2. The minimum Gasteiger partial charge on any atom is -0.361 e. The lowest BCUT2D eigenvalue weighted by molar-refractivity contribution is 0.101. The minimum absolute atomic E-state index is 0.0140. The molecule has 0 aliphatic rings. The summed E-state index contributed by atoms with van der Waals surface area (Å²) in [6.45, 7) is 1.50. The largest absolute Gasteiger partial charge is 0.361 e. The van der Waals surface area contributed by atoms with E-state index in [-0.39, 0.29) is 11.7 Å². The number of carbonyl (C=O) groups is 2. The number of nitrogens with one attached hydrogen (secondary N) is 2. The van der Waals surface area contributed by atoms with E-state index in [9.17, 15) is 9.59 Å². The molecule has 4 nitrogen and oxygen atoms in total. The van der Waals surface area contributed by atoms with E-state index in [4.69, 9.17) is 0 Å². The summed E-state index contributed by atoms with van der Waals surface area (Å²) in [5, 5.41) is 3.89. The molecule has 0 saturated heterocycles. The molecule has 1 aromatic heterocycles. The van der Waals surface area contributed by atoms with Crippen molar-refractivity contribution in [2.45, 2.75) is 6.92 Å². The summed E-state index contributed by atoms with van der Waals surface area (Å²) in [5.74, 6) is -0.208. The van der Waals surface area contributed by atoms with Gasteiger partial charge < -0.3 is 10.3 Å². The first kappa shape index (κ1) is 13.1. The van der Waals surface area contributed by atoms with Crippen molar-refractivity contribution in [1.82, 2.24) is 4.98 Å². The van der Waals surface area contributed by atoms with Crippen molar-refractivity contribution in [3.8, 4) is 0 Å². The summed E-state index contributed by atoms with van der Waals surface area (Å²) in [6, 6.07) is 14.3. The standard InChI is InChI=1S/C17H14N2O2/c1-11(20)12-2-4-13(5-3-12)17(21)19-15-6-7-16-14(10-15)8-9-18-16/h2-10,18H,1H3,(H,19,21). The highest BCUT2D eigenvalue weighted by molar-refractivity contribution is 6.05. The fourth-order valence-electron chi connectivity index (χ4n) is 2.19. The van der Waals surface area contributed by atoms with Gasteiger partial charge in [-0.15, -0.1) is 0 Å². The second-order valence-electron chi connectivity index (χ2n) is 4.87. The zero-order valence-electron chi connectivity index (χ0n) is 11.5. The van der Waals surface area contributed by atoms with Gasteiger partial charge in [0.25, 0.3) is 5.91 Å². The van der Waals surface area contributed by atoms with Crippen LogP contribution in [0.2, 0.25) is 0 Å². The normalized spacial score (nSPS) is 10.5. The third kappa shape index (κ3) is 2.69. The van der Waals surface area contributed by atoms with Crippen LogP contribution in [0.4, 0.5) is 5.69 Å². The Kier molecular flexibility index (Phi) is 3.28. The molecule has 0 bridgehead atoms.